The third-order valence-corrected chi connectivity index (χ3v) is 17.2. The molecular weight excluding hydrogens is 1140 g/mol. The van der Waals surface area contributed by atoms with Crippen molar-refractivity contribution < 1.29 is 69.6 Å². The first-order valence-electron chi connectivity index (χ1n) is 26.0. The van der Waals surface area contributed by atoms with Crippen molar-refractivity contribution in [2.75, 3.05) is 11.5 Å². The molecule has 1 N–H and O–H groups in total. The standard InChI is InChI=1S/C32H22F5NO4S.C28H19NO2.C4H7F3O2S/c1-30(2)25-13-18(15-38)7-9-21(25)22-10-8-19(14-26(22)30)20-11-12-24-23-5-3-4-6-27(23)41-28(24)29(20)42-43(39,40)17-31(33,34)16-32(35,36)37;1-28(2)23-13-16(15-29)7-9-19(23)20-10-8-17(14-24(20)28)18-11-12-22-21-5-3-4-6-25(21)31-27(22)26(18)30;1-2-4(5,6)3-10(7,8)9/h3-14H,16-17H2,1-2H3;3-14,30H,1-2H3;2-3H2,1H3. The first-order chi connectivity index (χ1) is 39.3. The van der Waals surface area contributed by atoms with Gasteiger partial charge in [0.25, 0.3) is 11.8 Å². The van der Waals surface area contributed by atoms with Gasteiger partial charge in [0.2, 0.25) is 0 Å². The molecule has 430 valence electrons. The van der Waals surface area contributed by atoms with Crippen LogP contribution in [0.2, 0.25) is 0 Å². The molecule has 0 amide bonds. The highest BCUT2D eigenvalue weighted by Crippen LogP contribution is 2.53. The molecule has 0 fully saturated rings. The molecule has 10 aromatic rings. The third kappa shape index (κ3) is 11.2. The van der Waals surface area contributed by atoms with E-state index in [0.717, 1.165) is 62.2 Å². The van der Waals surface area contributed by atoms with E-state index in [-0.39, 0.29) is 22.3 Å². The summed E-state index contributed by atoms with van der Waals surface area (Å²) in [6.07, 6.45) is -8.57. The smallest absolute Gasteiger partial charge is 0.394 e. The number of halogens is 8. The van der Waals surface area contributed by atoms with E-state index in [1.54, 1.807) is 48.5 Å². The van der Waals surface area contributed by atoms with E-state index in [1.165, 1.54) is 16.7 Å². The SMILES string of the molecule is CC1(C)c2cc(C#N)ccc2-c2ccc(-c3ccc4c(oc5ccccc54)c3O)cc21.CC1(C)c2cc(C#N)ccc2-c2ccc(-c3ccc4c(oc5ccccc54)c3OS(=O)(=O)CC(F)(F)CC(F)(F)F)cc21.CCC(F)(F)CS(=O)(=O)F. The molecular formula is C64H48F8N2O8S2. The van der Waals surface area contributed by atoms with Crippen molar-refractivity contribution in [2.24, 2.45) is 0 Å². The first kappa shape index (κ1) is 58.5. The zero-order valence-corrected chi connectivity index (χ0v) is 46.9. The van der Waals surface area contributed by atoms with Crippen molar-refractivity contribution in [3.63, 3.8) is 0 Å². The Bertz CT molecular complexity index is 4650. The average molecular weight is 1190 g/mol. The third-order valence-electron chi connectivity index (χ3n) is 15.2. The molecule has 2 aliphatic carbocycles. The molecule has 20 heteroatoms. The van der Waals surface area contributed by atoms with Gasteiger partial charge in [-0.1, -0.05) is 107 Å². The van der Waals surface area contributed by atoms with E-state index in [1.807, 2.05) is 98.8 Å². The molecule has 84 heavy (non-hydrogen) atoms. The van der Waals surface area contributed by atoms with Gasteiger partial charge in [-0.25, -0.2) is 17.6 Å². The molecule has 2 aromatic heterocycles. The van der Waals surface area contributed by atoms with Crippen LogP contribution in [-0.4, -0.2) is 51.5 Å². The second kappa shape index (κ2) is 20.9. The van der Waals surface area contributed by atoms with Crippen LogP contribution < -0.4 is 4.18 Å². The number of hydrogen-bond donors (Lipinski definition) is 1. The van der Waals surface area contributed by atoms with Crippen molar-refractivity contribution in [1.29, 1.82) is 10.5 Å². The Morgan fingerprint density at radius 2 is 0.940 bits per heavy atom. The molecule has 0 saturated carbocycles. The normalized spacial score (nSPS) is 14.1. The molecule has 0 spiro atoms. The summed E-state index contributed by atoms with van der Waals surface area (Å²) >= 11 is 0. The van der Waals surface area contributed by atoms with Crippen molar-refractivity contribution >= 4 is 64.2 Å². The maximum absolute atomic E-state index is 14.2. The van der Waals surface area contributed by atoms with E-state index >= 15 is 0 Å². The quantitative estimate of drug-likeness (QED) is 0.0789. The van der Waals surface area contributed by atoms with E-state index in [4.69, 9.17) is 13.0 Å². The maximum atomic E-state index is 14.2. The minimum absolute atomic E-state index is 0.0527. The van der Waals surface area contributed by atoms with Crippen LogP contribution >= 0.6 is 0 Å². The van der Waals surface area contributed by atoms with Crippen LogP contribution in [0.1, 0.15) is 80.8 Å². The van der Waals surface area contributed by atoms with Gasteiger partial charge in [0, 0.05) is 49.9 Å². The van der Waals surface area contributed by atoms with Gasteiger partial charge in [-0.2, -0.15) is 40.5 Å². The molecule has 2 heterocycles. The van der Waals surface area contributed by atoms with Crippen LogP contribution in [0.25, 0.3) is 88.4 Å². The molecule has 8 aromatic carbocycles. The number of phenols is 1. The number of nitrogens with zero attached hydrogens (tertiary/aromatic N) is 2. The van der Waals surface area contributed by atoms with Crippen molar-refractivity contribution in [1.82, 2.24) is 0 Å². The second-order valence-electron chi connectivity index (χ2n) is 21.7. The minimum Gasteiger partial charge on any atom is -0.504 e. The van der Waals surface area contributed by atoms with Crippen LogP contribution in [0.15, 0.2) is 154 Å². The number of benzene rings is 8. The number of para-hydroxylation sites is 2. The highest BCUT2D eigenvalue weighted by atomic mass is 32.3. The first-order valence-corrected chi connectivity index (χ1v) is 29.1. The Kier molecular flexibility index (Phi) is 14.5. The van der Waals surface area contributed by atoms with E-state index < -0.39 is 73.9 Å². The van der Waals surface area contributed by atoms with Crippen LogP contribution in [0.5, 0.6) is 11.5 Å². The van der Waals surface area contributed by atoms with E-state index in [2.05, 4.69) is 38.1 Å². The van der Waals surface area contributed by atoms with Crippen LogP contribution in [0.3, 0.4) is 0 Å². The average Bonchev–Trinajstić information content (AvgIpc) is 1.66. The van der Waals surface area contributed by atoms with Gasteiger partial charge in [0.1, 0.15) is 23.3 Å². The van der Waals surface area contributed by atoms with E-state index in [9.17, 15) is 67.1 Å². The van der Waals surface area contributed by atoms with E-state index in [0.29, 0.717) is 38.6 Å². The van der Waals surface area contributed by atoms with Gasteiger partial charge >= 0.3 is 26.5 Å². The van der Waals surface area contributed by atoms with Crippen molar-refractivity contribution in [2.45, 2.75) is 76.3 Å². The lowest BCUT2D eigenvalue weighted by molar-refractivity contribution is -0.181. The van der Waals surface area contributed by atoms with Gasteiger partial charge < -0.3 is 18.1 Å². The monoisotopic (exact) mass is 1190 g/mol. The Balaban J connectivity index is 0.000000167. The van der Waals surface area contributed by atoms with Crippen molar-refractivity contribution in [3.8, 4) is 68.1 Å². The summed E-state index contributed by atoms with van der Waals surface area (Å²) in [5.74, 6) is -12.2. The van der Waals surface area contributed by atoms with Crippen LogP contribution in [-0.2, 0) is 31.2 Å². The Labute approximate surface area is 477 Å². The summed E-state index contributed by atoms with van der Waals surface area (Å²) in [4.78, 5) is 0. The van der Waals surface area contributed by atoms with Crippen LogP contribution in [0.4, 0.5) is 34.6 Å². The molecule has 0 unspecified atom stereocenters. The summed E-state index contributed by atoms with van der Waals surface area (Å²) in [5, 5.41) is 32.8. The molecule has 0 atom stereocenters. The predicted octanol–water partition coefficient (Wildman–Crippen LogP) is 17.2. The molecule has 12 rings (SSSR count). The van der Waals surface area contributed by atoms with Gasteiger partial charge in [0.15, 0.2) is 28.4 Å². The predicted molar refractivity (Wildman–Crippen MR) is 305 cm³/mol. The summed E-state index contributed by atoms with van der Waals surface area (Å²) in [6, 6.07) is 49.2. The molecule has 0 saturated heterocycles. The summed E-state index contributed by atoms with van der Waals surface area (Å²) in [5.41, 5.74) is 12.7. The van der Waals surface area contributed by atoms with Gasteiger partial charge in [-0.05, 0) is 128 Å². The highest BCUT2D eigenvalue weighted by molar-refractivity contribution is 7.87. The lowest BCUT2D eigenvalue weighted by Gasteiger charge is -2.22. The summed E-state index contributed by atoms with van der Waals surface area (Å²) in [7, 11) is -10.3. The van der Waals surface area contributed by atoms with Crippen LogP contribution in [0, 0.1) is 22.7 Å². The topological polar surface area (TPSA) is 172 Å². The summed E-state index contributed by atoms with van der Waals surface area (Å²) < 4.78 is 165. The van der Waals surface area contributed by atoms with Gasteiger partial charge in [-0.15, -0.1) is 3.89 Å². The Morgan fingerprint density at radius 1 is 0.524 bits per heavy atom. The maximum Gasteiger partial charge on any atom is 0.394 e. The summed E-state index contributed by atoms with van der Waals surface area (Å²) in [6.45, 7) is 9.42. The Morgan fingerprint density at radius 3 is 1.39 bits per heavy atom. The Hall–Kier alpha value is -8.72. The largest absolute Gasteiger partial charge is 0.504 e. The van der Waals surface area contributed by atoms with Gasteiger partial charge in [0.05, 0.1) is 23.3 Å². The number of phenolic OH excluding ortho intramolecular Hbond substituents is 1. The fourth-order valence-corrected chi connectivity index (χ4v) is 13.0. The molecule has 0 bridgehead atoms. The molecule has 2 aliphatic rings. The fraction of sp³-hybridized carbons (Fsp3) is 0.219. The number of hydrogen-bond acceptors (Lipinski definition) is 10. The zero-order chi connectivity index (χ0) is 60.7. The second-order valence-corrected chi connectivity index (χ2v) is 24.6. The number of furan rings is 2. The van der Waals surface area contributed by atoms with Gasteiger partial charge in [-0.3, -0.25) is 0 Å². The molecule has 0 radical (unpaired) electrons. The zero-order valence-electron chi connectivity index (χ0n) is 45.2. The lowest BCUT2D eigenvalue weighted by atomic mass is 9.81. The number of aromatic hydroxyl groups is 1. The molecule has 10 nitrogen and oxygen atoms in total. The number of fused-ring (bicyclic) bond motifs is 12. The van der Waals surface area contributed by atoms with Crippen molar-refractivity contribution in [3.05, 3.63) is 179 Å². The molecule has 0 aliphatic heterocycles. The fourth-order valence-electron chi connectivity index (χ4n) is 11.1. The number of rotatable bonds is 10. The minimum atomic E-state index is -5.29. The lowest BCUT2D eigenvalue weighted by Crippen LogP contribution is -2.35. The number of nitriles is 2. The number of alkyl halides is 7. The highest BCUT2D eigenvalue weighted by Gasteiger charge is 2.48.